The Balaban J connectivity index is 2.25. The molecule has 0 aromatic carbocycles. The molecular formula is C10H21NS. The first-order valence-electron chi connectivity index (χ1n) is 5.04. The van der Waals surface area contributed by atoms with E-state index in [0.29, 0.717) is 0 Å². The van der Waals surface area contributed by atoms with Gasteiger partial charge in [0.15, 0.2) is 0 Å². The second-order valence-corrected chi connectivity index (χ2v) is 4.87. The van der Waals surface area contributed by atoms with Crippen LogP contribution in [0.25, 0.3) is 0 Å². The molecule has 0 radical (unpaired) electrons. The minimum atomic E-state index is 0.799. The van der Waals surface area contributed by atoms with Crippen molar-refractivity contribution in [2.24, 2.45) is 0 Å². The van der Waals surface area contributed by atoms with E-state index in [1.165, 1.54) is 32.4 Å². The van der Waals surface area contributed by atoms with Crippen molar-refractivity contribution in [1.29, 1.82) is 0 Å². The molecule has 0 aromatic rings. The number of hydrogen-bond acceptors (Lipinski definition) is 2. The van der Waals surface area contributed by atoms with Crippen molar-refractivity contribution in [3.63, 3.8) is 0 Å². The van der Waals surface area contributed by atoms with Crippen molar-refractivity contribution < 1.29 is 0 Å². The highest BCUT2D eigenvalue weighted by atomic mass is 32.2. The van der Waals surface area contributed by atoms with Gasteiger partial charge in [-0.05, 0) is 45.5 Å². The molecule has 1 aliphatic rings. The molecule has 1 rings (SSSR count). The summed E-state index contributed by atoms with van der Waals surface area (Å²) in [6.45, 7) is 7.27. The van der Waals surface area contributed by atoms with E-state index in [1.54, 1.807) is 0 Å². The smallest absolute Gasteiger partial charge is 0.00686 e. The summed E-state index contributed by atoms with van der Waals surface area (Å²) in [4.78, 5) is 2.63. The minimum absolute atomic E-state index is 0.799. The summed E-state index contributed by atoms with van der Waals surface area (Å²) in [5, 5.41) is 0.935. The van der Waals surface area contributed by atoms with Gasteiger partial charge < -0.3 is 4.90 Å². The summed E-state index contributed by atoms with van der Waals surface area (Å²) in [5.41, 5.74) is 0. The lowest BCUT2D eigenvalue weighted by molar-refractivity contribution is 0.173. The summed E-state index contributed by atoms with van der Waals surface area (Å²) in [7, 11) is 0. The zero-order valence-corrected chi connectivity index (χ0v) is 9.36. The normalized spacial score (nSPS) is 24.2. The zero-order chi connectivity index (χ0) is 8.97. The third kappa shape index (κ3) is 2.67. The van der Waals surface area contributed by atoms with Gasteiger partial charge in [0.1, 0.15) is 0 Å². The third-order valence-corrected chi connectivity index (χ3v) is 4.16. The molecule has 2 heteroatoms. The monoisotopic (exact) mass is 187 g/mol. The third-order valence-electron chi connectivity index (χ3n) is 3.02. The lowest BCUT2D eigenvalue weighted by Gasteiger charge is -2.35. The Hall–Kier alpha value is 0.310. The van der Waals surface area contributed by atoms with E-state index in [9.17, 15) is 0 Å². The predicted molar refractivity (Wildman–Crippen MR) is 57.9 cm³/mol. The Morgan fingerprint density at radius 3 is 2.42 bits per heavy atom. The van der Waals surface area contributed by atoms with Crippen molar-refractivity contribution in [2.75, 3.05) is 19.3 Å². The van der Waals surface area contributed by atoms with Crippen LogP contribution in [0.2, 0.25) is 0 Å². The fourth-order valence-electron chi connectivity index (χ4n) is 1.81. The average Bonchev–Trinajstić information content (AvgIpc) is 2.17. The van der Waals surface area contributed by atoms with E-state index in [4.69, 9.17) is 0 Å². The summed E-state index contributed by atoms with van der Waals surface area (Å²) in [6, 6.07) is 0.799. The van der Waals surface area contributed by atoms with Gasteiger partial charge in [-0.25, -0.2) is 0 Å². The number of piperidine rings is 1. The molecule has 0 bridgehead atoms. The van der Waals surface area contributed by atoms with E-state index in [0.717, 1.165) is 11.3 Å². The van der Waals surface area contributed by atoms with Crippen LogP contribution in [-0.4, -0.2) is 35.5 Å². The Morgan fingerprint density at radius 1 is 1.42 bits per heavy atom. The summed E-state index contributed by atoms with van der Waals surface area (Å²) >= 11 is 2.04. The van der Waals surface area contributed by atoms with Gasteiger partial charge in [-0.15, -0.1) is 0 Å². The van der Waals surface area contributed by atoms with Crippen LogP contribution in [0.15, 0.2) is 0 Å². The van der Waals surface area contributed by atoms with Gasteiger partial charge >= 0.3 is 0 Å². The number of hydrogen-bond donors (Lipinski definition) is 0. The van der Waals surface area contributed by atoms with Crippen LogP contribution in [0.5, 0.6) is 0 Å². The van der Waals surface area contributed by atoms with Gasteiger partial charge in [0, 0.05) is 11.3 Å². The largest absolute Gasteiger partial charge is 0.301 e. The van der Waals surface area contributed by atoms with Crippen LogP contribution < -0.4 is 0 Å². The average molecular weight is 187 g/mol. The molecule has 1 unspecified atom stereocenters. The SMILES string of the molecule is CCC(C)N1CCC(SC)CC1. The first-order valence-corrected chi connectivity index (χ1v) is 6.33. The van der Waals surface area contributed by atoms with Crippen molar-refractivity contribution in [3.8, 4) is 0 Å². The first kappa shape index (κ1) is 10.4. The molecule has 1 atom stereocenters. The van der Waals surface area contributed by atoms with Crippen molar-refractivity contribution in [2.45, 2.75) is 44.4 Å². The zero-order valence-electron chi connectivity index (χ0n) is 8.55. The molecule has 0 aromatic heterocycles. The van der Waals surface area contributed by atoms with Crippen LogP contribution in [-0.2, 0) is 0 Å². The van der Waals surface area contributed by atoms with Gasteiger partial charge in [-0.2, -0.15) is 11.8 Å². The van der Waals surface area contributed by atoms with E-state index in [-0.39, 0.29) is 0 Å². The maximum Gasteiger partial charge on any atom is 0.00686 e. The topological polar surface area (TPSA) is 3.24 Å². The van der Waals surface area contributed by atoms with Gasteiger partial charge in [-0.3, -0.25) is 0 Å². The van der Waals surface area contributed by atoms with Crippen molar-refractivity contribution in [1.82, 2.24) is 4.90 Å². The lowest BCUT2D eigenvalue weighted by atomic mass is 10.1. The molecule has 0 saturated carbocycles. The van der Waals surface area contributed by atoms with Crippen LogP contribution >= 0.6 is 11.8 Å². The second kappa shape index (κ2) is 5.13. The second-order valence-electron chi connectivity index (χ2n) is 3.73. The standard InChI is InChI=1S/C10H21NS/c1-4-9(2)11-7-5-10(12-3)6-8-11/h9-10H,4-8H2,1-3H3. The van der Waals surface area contributed by atoms with Gasteiger partial charge in [0.05, 0.1) is 0 Å². The Kier molecular flexibility index (Phi) is 4.44. The fraction of sp³-hybridized carbons (Fsp3) is 1.00. The molecule has 1 heterocycles. The van der Waals surface area contributed by atoms with Gasteiger partial charge in [-0.1, -0.05) is 6.92 Å². The summed E-state index contributed by atoms with van der Waals surface area (Å²) in [6.07, 6.45) is 6.32. The molecule has 1 nitrogen and oxygen atoms in total. The van der Waals surface area contributed by atoms with Crippen LogP contribution in [0.3, 0.4) is 0 Å². The molecular weight excluding hydrogens is 166 g/mol. The molecule has 0 spiro atoms. The first-order chi connectivity index (χ1) is 5.77. The van der Waals surface area contributed by atoms with Gasteiger partial charge in [0.25, 0.3) is 0 Å². The number of nitrogens with zero attached hydrogens (tertiary/aromatic N) is 1. The quantitative estimate of drug-likeness (QED) is 0.668. The predicted octanol–water partition coefficient (Wildman–Crippen LogP) is 2.61. The Labute approximate surface area is 80.9 Å². The summed E-state index contributed by atoms with van der Waals surface area (Å²) < 4.78 is 0. The highest BCUT2D eigenvalue weighted by molar-refractivity contribution is 7.99. The lowest BCUT2D eigenvalue weighted by Crippen LogP contribution is -2.40. The number of rotatable bonds is 3. The molecule has 0 N–H and O–H groups in total. The van der Waals surface area contributed by atoms with Gasteiger partial charge in [0.2, 0.25) is 0 Å². The molecule has 12 heavy (non-hydrogen) atoms. The molecule has 1 saturated heterocycles. The van der Waals surface area contributed by atoms with Crippen LogP contribution in [0.4, 0.5) is 0 Å². The van der Waals surface area contributed by atoms with Crippen molar-refractivity contribution in [3.05, 3.63) is 0 Å². The molecule has 0 amide bonds. The Bertz CT molecular complexity index is 119. The molecule has 0 aliphatic carbocycles. The maximum absolute atomic E-state index is 2.63. The maximum atomic E-state index is 2.63. The molecule has 1 fully saturated rings. The minimum Gasteiger partial charge on any atom is -0.301 e. The van der Waals surface area contributed by atoms with E-state index in [2.05, 4.69) is 25.0 Å². The van der Waals surface area contributed by atoms with E-state index >= 15 is 0 Å². The highest BCUT2D eigenvalue weighted by Crippen LogP contribution is 2.22. The molecule has 72 valence electrons. The molecule has 1 aliphatic heterocycles. The van der Waals surface area contributed by atoms with Crippen molar-refractivity contribution >= 4 is 11.8 Å². The number of thioether (sulfide) groups is 1. The summed E-state index contributed by atoms with van der Waals surface area (Å²) in [5.74, 6) is 0. The Morgan fingerprint density at radius 2 is 2.00 bits per heavy atom. The van der Waals surface area contributed by atoms with E-state index in [1.807, 2.05) is 11.8 Å². The van der Waals surface area contributed by atoms with E-state index < -0.39 is 0 Å². The fourth-order valence-corrected chi connectivity index (χ4v) is 2.49. The highest BCUT2D eigenvalue weighted by Gasteiger charge is 2.20. The van der Waals surface area contributed by atoms with Crippen LogP contribution in [0.1, 0.15) is 33.1 Å². The number of likely N-dealkylation sites (tertiary alicyclic amines) is 1. The van der Waals surface area contributed by atoms with Crippen LogP contribution in [0, 0.1) is 0 Å².